The molecule has 0 saturated carbocycles. The van der Waals surface area contributed by atoms with Crippen molar-refractivity contribution in [2.45, 2.75) is 31.3 Å². The molecule has 0 bridgehead atoms. The van der Waals surface area contributed by atoms with Gasteiger partial charge in [0.25, 0.3) is 0 Å². The third-order valence-corrected chi connectivity index (χ3v) is 4.71. The normalized spacial score (nSPS) is 12.7. The van der Waals surface area contributed by atoms with Crippen molar-refractivity contribution in [3.8, 4) is 5.75 Å². The lowest BCUT2D eigenvalue weighted by Gasteiger charge is -2.20. The lowest BCUT2D eigenvalue weighted by molar-refractivity contribution is 0.210. The van der Waals surface area contributed by atoms with Crippen molar-refractivity contribution in [1.82, 2.24) is 0 Å². The van der Waals surface area contributed by atoms with E-state index in [-0.39, 0.29) is 6.10 Å². The van der Waals surface area contributed by atoms with Crippen molar-refractivity contribution in [2.24, 2.45) is 0 Å². The SMILES string of the molecule is CCC(CNc1ccccc1S(C)(=O)=O)Oc1cccc(C)c1. The molecule has 0 fully saturated rings. The average Bonchev–Trinajstić information content (AvgIpc) is 2.51. The van der Waals surface area contributed by atoms with Crippen molar-refractivity contribution < 1.29 is 13.2 Å². The average molecular weight is 333 g/mol. The van der Waals surface area contributed by atoms with Gasteiger partial charge in [0.05, 0.1) is 17.1 Å². The number of para-hydroxylation sites is 1. The van der Waals surface area contributed by atoms with Crippen LogP contribution in [0.2, 0.25) is 0 Å². The van der Waals surface area contributed by atoms with Gasteiger partial charge in [-0.25, -0.2) is 8.42 Å². The number of anilines is 1. The van der Waals surface area contributed by atoms with Gasteiger partial charge in [-0.15, -0.1) is 0 Å². The van der Waals surface area contributed by atoms with Gasteiger partial charge in [0.15, 0.2) is 9.84 Å². The van der Waals surface area contributed by atoms with Gasteiger partial charge >= 0.3 is 0 Å². The molecule has 5 heteroatoms. The van der Waals surface area contributed by atoms with Crippen LogP contribution in [0.1, 0.15) is 18.9 Å². The highest BCUT2D eigenvalue weighted by atomic mass is 32.2. The zero-order valence-corrected chi connectivity index (χ0v) is 14.6. The lowest BCUT2D eigenvalue weighted by Crippen LogP contribution is -2.26. The largest absolute Gasteiger partial charge is 0.489 e. The van der Waals surface area contributed by atoms with Gasteiger partial charge in [-0.1, -0.05) is 31.2 Å². The Balaban J connectivity index is 2.07. The Labute approximate surface area is 138 Å². The maximum atomic E-state index is 11.8. The Bertz CT molecular complexity index is 756. The van der Waals surface area contributed by atoms with Crippen molar-refractivity contribution in [1.29, 1.82) is 0 Å². The molecule has 0 aromatic heterocycles. The lowest BCUT2D eigenvalue weighted by atomic mass is 10.2. The van der Waals surface area contributed by atoms with Crippen LogP contribution in [0.5, 0.6) is 5.75 Å². The molecule has 0 spiro atoms. The van der Waals surface area contributed by atoms with Crippen molar-refractivity contribution in [3.63, 3.8) is 0 Å². The molecule has 23 heavy (non-hydrogen) atoms. The summed E-state index contributed by atoms with van der Waals surface area (Å²) in [5, 5.41) is 3.20. The summed E-state index contributed by atoms with van der Waals surface area (Å²) in [6.07, 6.45) is 2.00. The molecule has 1 atom stereocenters. The molecular weight excluding hydrogens is 310 g/mol. The van der Waals surface area contributed by atoms with Gasteiger partial charge in [0.2, 0.25) is 0 Å². The summed E-state index contributed by atoms with van der Waals surface area (Å²) in [7, 11) is -3.26. The molecule has 2 rings (SSSR count). The fourth-order valence-corrected chi connectivity index (χ4v) is 3.18. The van der Waals surface area contributed by atoms with Crippen LogP contribution in [0.4, 0.5) is 5.69 Å². The molecule has 2 aromatic rings. The minimum absolute atomic E-state index is 0.0376. The zero-order valence-electron chi connectivity index (χ0n) is 13.7. The zero-order chi connectivity index (χ0) is 16.9. The van der Waals surface area contributed by atoms with E-state index in [0.717, 1.165) is 17.7 Å². The van der Waals surface area contributed by atoms with Crippen LogP contribution in [0, 0.1) is 6.92 Å². The standard InChI is InChI=1S/C18H23NO3S/c1-4-15(22-16-9-7-8-14(2)12-16)13-19-17-10-5-6-11-18(17)23(3,20)21/h5-12,15,19H,4,13H2,1-3H3. The van der Waals surface area contributed by atoms with Crippen molar-refractivity contribution in [3.05, 3.63) is 54.1 Å². The number of ether oxygens (including phenoxy) is 1. The molecule has 0 saturated heterocycles. The summed E-state index contributed by atoms with van der Waals surface area (Å²) in [5.74, 6) is 0.829. The van der Waals surface area contributed by atoms with E-state index in [1.54, 1.807) is 18.2 Å². The number of hydrogen-bond donors (Lipinski definition) is 1. The maximum absolute atomic E-state index is 11.8. The third kappa shape index (κ3) is 4.99. The molecular formula is C18H23NO3S. The van der Waals surface area contributed by atoms with E-state index in [4.69, 9.17) is 4.74 Å². The second kappa shape index (κ2) is 7.51. The second-order valence-electron chi connectivity index (χ2n) is 5.61. The molecule has 0 heterocycles. The predicted octanol–water partition coefficient (Wildman–Crippen LogP) is 3.67. The van der Waals surface area contributed by atoms with Gasteiger partial charge in [0.1, 0.15) is 11.9 Å². The summed E-state index contributed by atoms with van der Waals surface area (Å²) in [5.41, 5.74) is 1.76. The van der Waals surface area contributed by atoms with Crippen molar-refractivity contribution in [2.75, 3.05) is 18.1 Å². The Kier molecular flexibility index (Phi) is 5.66. The summed E-state index contributed by atoms with van der Waals surface area (Å²) in [6, 6.07) is 14.8. The van der Waals surface area contributed by atoms with E-state index < -0.39 is 9.84 Å². The van der Waals surface area contributed by atoms with E-state index >= 15 is 0 Å². The maximum Gasteiger partial charge on any atom is 0.177 e. The van der Waals surface area contributed by atoms with E-state index in [1.807, 2.05) is 44.2 Å². The molecule has 0 radical (unpaired) electrons. The minimum atomic E-state index is -3.26. The van der Waals surface area contributed by atoms with Crippen LogP contribution in [-0.4, -0.2) is 27.3 Å². The van der Waals surface area contributed by atoms with Crippen molar-refractivity contribution >= 4 is 15.5 Å². The van der Waals surface area contributed by atoms with Gasteiger partial charge in [-0.2, -0.15) is 0 Å². The smallest absolute Gasteiger partial charge is 0.177 e. The van der Waals surface area contributed by atoms with Crippen LogP contribution >= 0.6 is 0 Å². The molecule has 0 aliphatic rings. The monoisotopic (exact) mass is 333 g/mol. The molecule has 0 amide bonds. The minimum Gasteiger partial charge on any atom is -0.489 e. The van der Waals surface area contributed by atoms with Crippen LogP contribution in [0.3, 0.4) is 0 Å². The molecule has 4 nitrogen and oxygen atoms in total. The third-order valence-electron chi connectivity index (χ3n) is 3.55. The van der Waals surface area contributed by atoms with Gasteiger partial charge in [-0.05, 0) is 43.2 Å². The highest BCUT2D eigenvalue weighted by Crippen LogP contribution is 2.21. The Morgan fingerprint density at radius 3 is 2.52 bits per heavy atom. The first-order chi connectivity index (χ1) is 10.9. The fraction of sp³-hybridized carbons (Fsp3) is 0.333. The molecule has 2 aromatic carbocycles. The number of hydrogen-bond acceptors (Lipinski definition) is 4. The number of aryl methyl sites for hydroxylation is 1. The molecule has 0 aliphatic heterocycles. The Morgan fingerprint density at radius 1 is 1.13 bits per heavy atom. The predicted molar refractivity (Wildman–Crippen MR) is 93.9 cm³/mol. The van der Waals surface area contributed by atoms with Gasteiger partial charge in [-0.3, -0.25) is 0 Å². The number of nitrogens with one attached hydrogen (secondary N) is 1. The van der Waals surface area contributed by atoms with Gasteiger partial charge in [0, 0.05) is 6.26 Å². The first kappa shape index (κ1) is 17.3. The second-order valence-corrected chi connectivity index (χ2v) is 7.60. The Hall–Kier alpha value is -2.01. The number of benzene rings is 2. The first-order valence-electron chi connectivity index (χ1n) is 7.66. The first-order valence-corrected chi connectivity index (χ1v) is 9.55. The highest BCUT2D eigenvalue weighted by molar-refractivity contribution is 7.90. The van der Waals surface area contributed by atoms with Gasteiger partial charge < -0.3 is 10.1 Å². The Morgan fingerprint density at radius 2 is 1.87 bits per heavy atom. The fourth-order valence-electron chi connectivity index (χ4n) is 2.31. The van der Waals surface area contributed by atoms with Crippen LogP contribution in [0.25, 0.3) is 0 Å². The van der Waals surface area contributed by atoms with Crippen LogP contribution in [-0.2, 0) is 9.84 Å². The van der Waals surface area contributed by atoms with E-state index in [2.05, 4.69) is 5.32 Å². The summed E-state index contributed by atoms with van der Waals surface area (Å²) in [6.45, 7) is 4.61. The van der Waals surface area contributed by atoms with Crippen LogP contribution < -0.4 is 10.1 Å². The number of rotatable bonds is 7. The molecule has 1 N–H and O–H groups in total. The topological polar surface area (TPSA) is 55.4 Å². The molecule has 124 valence electrons. The highest BCUT2D eigenvalue weighted by Gasteiger charge is 2.14. The number of sulfone groups is 1. The van der Waals surface area contributed by atoms with E-state index in [0.29, 0.717) is 17.1 Å². The quantitative estimate of drug-likeness (QED) is 0.840. The molecule has 1 unspecified atom stereocenters. The molecule has 0 aliphatic carbocycles. The summed E-state index contributed by atoms with van der Waals surface area (Å²) >= 11 is 0. The van der Waals surface area contributed by atoms with E-state index in [1.165, 1.54) is 6.26 Å². The summed E-state index contributed by atoms with van der Waals surface area (Å²) in [4.78, 5) is 0.311. The van der Waals surface area contributed by atoms with E-state index in [9.17, 15) is 8.42 Å². The van der Waals surface area contributed by atoms with Crippen LogP contribution in [0.15, 0.2) is 53.4 Å². The summed E-state index contributed by atoms with van der Waals surface area (Å²) < 4.78 is 29.6.